The lowest BCUT2D eigenvalue weighted by atomic mass is 10.0. The molecule has 0 saturated carbocycles. The van der Waals surface area contributed by atoms with Gasteiger partial charge in [-0.3, -0.25) is 0 Å². The van der Waals surface area contributed by atoms with Gasteiger partial charge in [0.25, 0.3) is 0 Å². The van der Waals surface area contributed by atoms with Crippen molar-refractivity contribution in [3.8, 4) is 5.75 Å². The Bertz CT molecular complexity index is 652. The number of aliphatic hydroxyl groups excluding tert-OH is 1. The fraction of sp³-hybridized carbons (Fsp3) is 0.143. The molecule has 0 aliphatic carbocycles. The smallest absolute Gasteiger partial charge is 0.387 e. The molecule has 0 saturated heterocycles. The summed E-state index contributed by atoms with van der Waals surface area (Å²) in [5.41, 5.74) is 0.155. The maximum absolute atomic E-state index is 14.0. The van der Waals surface area contributed by atoms with Gasteiger partial charge in [0.2, 0.25) is 0 Å². The number of hydrogen-bond donors (Lipinski definition) is 1. The third-order valence-corrected chi connectivity index (χ3v) is 4.02. The average molecular weight is 382 g/mol. The summed E-state index contributed by atoms with van der Waals surface area (Å²) in [6.07, 6.45) is -1.35. The summed E-state index contributed by atoms with van der Waals surface area (Å²) in [4.78, 5) is 0. The van der Waals surface area contributed by atoms with E-state index in [1.165, 1.54) is 36.4 Å². The van der Waals surface area contributed by atoms with E-state index in [1.807, 2.05) is 0 Å². The number of halogens is 5. The van der Waals surface area contributed by atoms with Crippen LogP contribution in [0.3, 0.4) is 0 Å². The van der Waals surface area contributed by atoms with Gasteiger partial charge in [0.1, 0.15) is 17.7 Å². The van der Waals surface area contributed by atoms with E-state index in [-0.39, 0.29) is 21.9 Å². The van der Waals surface area contributed by atoms with Crippen LogP contribution in [-0.2, 0) is 0 Å². The van der Waals surface area contributed by atoms with Crippen LogP contribution in [0.4, 0.5) is 13.2 Å². The monoisotopic (exact) mass is 380 g/mol. The molecule has 1 unspecified atom stereocenters. The molecule has 2 aromatic rings. The first kappa shape index (κ1) is 16.1. The van der Waals surface area contributed by atoms with Gasteiger partial charge in [0, 0.05) is 10.0 Å². The van der Waals surface area contributed by atoms with Gasteiger partial charge in [0.15, 0.2) is 0 Å². The Morgan fingerprint density at radius 1 is 1.19 bits per heavy atom. The molecule has 2 rings (SSSR count). The van der Waals surface area contributed by atoms with Crippen molar-refractivity contribution < 1.29 is 23.0 Å². The van der Waals surface area contributed by atoms with Crippen LogP contribution in [0.1, 0.15) is 17.2 Å². The lowest BCUT2D eigenvalue weighted by Gasteiger charge is -2.15. The zero-order valence-corrected chi connectivity index (χ0v) is 12.7. The van der Waals surface area contributed by atoms with Crippen LogP contribution < -0.4 is 4.74 Å². The van der Waals surface area contributed by atoms with E-state index in [0.29, 0.717) is 4.47 Å². The minimum Gasteiger partial charge on any atom is -0.435 e. The number of benzene rings is 2. The van der Waals surface area contributed by atoms with Crippen LogP contribution in [-0.4, -0.2) is 11.7 Å². The van der Waals surface area contributed by atoms with Gasteiger partial charge >= 0.3 is 6.61 Å². The molecule has 112 valence electrons. The van der Waals surface area contributed by atoms with Gasteiger partial charge in [-0.05, 0) is 39.7 Å². The molecule has 0 bridgehead atoms. The molecule has 2 nitrogen and oxygen atoms in total. The topological polar surface area (TPSA) is 29.5 Å². The van der Waals surface area contributed by atoms with Gasteiger partial charge < -0.3 is 9.84 Å². The molecule has 0 radical (unpaired) electrons. The predicted octanol–water partition coefficient (Wildman–Crippen LogP) is 4.92. The zero-order valence-electron chi connectivity index (χ0n) is 10.4. The first-order chi connectivity index (χ1) is 9.90. The van der Waals surface area contributed by atoms with Gasteiger partial charge in [-0.15, -0.1) is 0 Å². The van der Waals surface area contributed by atoms with Crippen molar-refractivity contribution in [1.29, 1.82) is 0 Å². The molecule has 1 N–H and O–H groups in total. The van der Waals surface area contributed by atoms with Crippen LogP contribution in [0.5, 0.6) is 5.75 Å². The largest absolute Gasteiger partial charge is 0.435 e. The van der Waals surface area contributed by atoms with Crippen molar-refractivity contribution in [2.45, 2.75) is 12.7 Å². The Labute approximate surface area is 132 Å². The highest BCUT2D eigenvalue weighted by molar-refractivity contribution is 9.10. The van der Waals surface area contributed by atoms with Crippen LogP contribution in [0.2, 0.25) is 5.02 Å². The Balaban J connectivity index is 2.36. The third-order valence-electron chi connectivity index (χ3n) is 2.76. The summed E-state index contributed by atoms with van der Waals surface area (Å²) in [6.45, 7) is -2.98. The standard InChI is InChI=1S/C14H9BrClF3O2/c15-10-5-4-9(12(17)11(10)16)13(20)7-2-1-3-8(6-7)21-14(18)19/h1-6,13-14,20H. The van der Waals surface area contributed by atoms with E-state index in [4.69, 9.17) is 11.6 Å². The second kappa shape index (κ2) is 6.68. The highest BCUT2D eigenvalue weighted by Crippen LogP contribution is 2.33. The molecule has 0 aliphatic heterocycles. The van der Waals surface area contributed by atoms with Gasteiger partial charge in [-0.1, -0.05) is 29.8 Å². The molecular weight excluding hydrogens is 373 g/mol. The number of alkyl halides is 2. The SMILES string of the molecule is OC(c1cccc(OC(F)F)c1)c1ccc(Br)c(Cl)c1F. The normalized spacial score (nSPS) is 12.5. The molecular formula is C14H9BrClF3O2. The quantitative estimate of drug-likeness (QED) is 0.761. The highest BCUT2D eigenvalue weighted by Gasteiger charge is 2.19. The van der Waals surface area contributed by atoms with Crippen molar-refractivity contribution >= 4 is 27.5 Å². The summed E-state index contributed by atoms with van der Waals surface area (Å²) in [6, 6.07) is 8.27. The van der Waals surface area contributed by atoms with Gasteiger partial charge in [-0.25, -0.2) is 4.39 Å². The summed E-state index contributed by atoms with van der Waals surface area (Å²) in [7, 11) is 0. The molecule has 0 fully saturated rings. The molecule has 7 heteroatoms. The Kier molecular flexibility index (Phi) is 5.13. The van der Waals surface area contributed by atoms with E-state index in [0.717, 1.165) is 0 Å². The van der Waals surface area contributed by atoms with E-state index in [1.54, 1.807) is 0 Å². The molecule has 1 atom stereocenters. The number of hydrogen-bond acceptors (Lipinski definition) is 2. The van der Waals surface area contributed by atoms with Crippen molar-refractivity contribution in [2.24, 2.45) is 0 Å². The summed E-state index contributed by atoms with van der Waals surface area (Å²) >= 11 is 8.82. The lowest BCUT2D eigenvalue weighted by molar-refractivity contribution is -0.0499. The average Bonchev–Trinajstić information content (AvgIpc) is 2.44. The first-order valence-electron chi connectivity index (χ1n) is 5.76. The van der Waals surface area contributed by atoms with Crippen LogP contribution in [0.15, 0.2) is 40.9 Å². The van der Waals surface area contributed by atoms with E-state index in [9.17, 15) is 18.3 Å². The fourth-order valence-electron chi connectivity index (χ4n) is 1.79. The summed E-state index contributed by atoms with van der Waals surface area (Å²) in [5.74, 6) is -0.899. The second-order valence-electron chi connectivity index (χ2n) is 4.12. The Morgan fingerprint density at radius 2 is 1.90 bits per heavy atom. The predicted molar refractivity (Wildman–Crippen MR) is 76.2 cm³/mol. The molecule has 0 spiro atoms. The highest BCUT2D eigenvalue weighted by atomic mass is 79.9. The van der Waals surface area contributed by atoms with Crippen LogP contribution in [0.25, 0.3) is 0 Å². The Morgan fingerprint density at radius 3 is 2.57 bits per heavy atom. The molecule has 21 heavy (non-hydrogen) atoms. The molecule has 2 aromatic carbocycles. The minimum atomic E-state index is -2.98. The second-order valence-corrected chi connectivity index (χ2v) is 5.35. The lowest BCUT2D eigenvalue weighted by Crippen LogP contribution is -2.05. The zero-order chi connectivity index (χ0) is 15.6. The van der Waals surface area contributed by atoms with Crippen LogP contribution in [0, 0.1) is 5.82 Å². The van der Waals surface area contributed by atoms with Crippen molar-refractivity contribution in [2.75, 3.05) is 0 Å². The van der Waals surface area contributed by atoms with Crippen molar-refractivity contribution in [1.82, 2.24) is 0 Å². The molecule has 0 heterocycles. The van der Waals surface area contributed by atoms with E-state index in [2.05, 4.69) is 20.7 Å². The Hall–Kier alpha value is -1.24. The summed E-state index contributed by atoms with van der Waals surface area (Å²) in [5, 5.41) is 10.0. The number of rotatable bonds is 4. The summed E-state index contributed by atoms with van der Waals surface area (Å²) < 4.78 is 43.0. The van der Waals surface area contributed by atoms with Gasteiger partial charge in [-0.2, -0.15) is 8.78 Å². The van der Waals surface area contributed by atoms with Crippen LogP contribution >= 0.6 is 27.5 Å². The maximum Gasteiger partial charge on any atom is 0.387 e. The van der Waals surface area contributed by atoms with Gasteiger partial charge in [0.05, 0.1) is 5.02 Å². The first-order valence-corrected chi connectivity index (χ1v) is 6.93. The molecule has 0 aliphatic rings. The maximum atomic E-state index is 14.0. The minimum absolute atomic E-state index is 0.0580. The molecule has 0 aromatic heterocycles. The molecule has 0 amide bonds. The third kappa shape index (κ3) is 3.70. The van der Waals surface area contributed by atoms with E-state index < -0.39 is 18.5 Å². The number of aliphatic hydroxyl groups is 1. The number of ether oxygens (including phenoxy) is 1. The fourth-order valence-corrected chi connectivity index (χ4v) is 2.27. The van der Waals surface area contributed by atoms with Crippen molar-refractivity contribution in [3.63, 3.8) is 0 Å². The van der Waals surface area contributed by atoms with Crippen molar-refractivity contribution in [3.05, 3.63) is 62.8 Å². The van der Waals surface area contributed by atoms with E-state index >= 15 is 0 Å².